The van der Waals surface area contributed by atoms with Crippen molar-refractivity contribution in [3.63, 3.8) is 0 Å². The number of aliphatic hydroxyl groups is 2. The van der Waals surface area contributed by atoms with E-state index < -0.39 is 5.60 Å². The van der Waals surface area contributed by atoms with Gasteiger partial charge in [0.1, 0.15) is 5.60 Å². The monoisotopic (exact) mass is 288 g/mol. The topological polar surface area (TPSA) is 57.5 Å². The third-order valence-electron chi connectivity index (χ3n) is 7.03. The largest absolute Gasteiger partial charge is 0.393 e. The summed E-state index contributed by atoms with van der Waals surface area (Å²) in [7, 11) is 0. The molecule has 4 aliphatic carbocycles. The van der Waals surface area contributed by atoms with Crippen LogP contribution in [0.25, 0.3) is 0 Å². The minimum Gasteiger partial charge on any atom is -0.393 e. The fraction of sp³-hybridized carbons (Fsp3) is 0.722. The first kappa shape index (κ1) is 13.7. The molecule has 0 radical (unpaired) electrons. The number of allylic oxidation sites excluding steroid dienone is 2. The van der Waals surface area contributed by atoms with Crippen molar-refractivity contribution >= 4 is 5.78 Å². The van der Waals surface area contributed by atoms with E-state index in [2.05, 4.69) is 6.92 Å². The zero-order chi connectivity index (χ0) is 14.8. The van der Waals surface area contributed by atoms with Crippen molar-refractivity contribution in [2.75, 3.05) is 0 Å². The van der Waals surface area contributed by atoms with Crippen LogP contribution in [-0.4, -0.2) is 27.7 Å². The van der Waals surface area contributed by atoms with Crippen LogP contribution in [0.3, 0.4) is 0 Å². The van der Waals surface area contributed by atoms with Crippen LogP contribution >= 0.6 is 0 Å². The summed E-state index contributed by atoms with van der Waals surface area (Å²) in [6.45, 7) is 2.24. The average Bonchev–Trinajstić information content (AvgIpc) is 2.76. The third kappa shape index (κ3) is 1.71. The van der Waals surface area contributed by atoms with E-state index in [1.54, 1.807) is 12.2 Å². The van der Waals surface area contributed by atoms with Crippen LogP contribution in [-0.2, 0) is 4.79 Å². The fourth-order valence-corrected chi connectivity index (χ4v) is 5.82. The van der Waals surface area contributed by atoms with Gasteiger partial charge in [-0.15, -0.1) is 0 Å². The van der Waals surface area contributed by atoms with E-state index in [1.165, 1.54) is 6.08 Å². The van der Waals surface area contributed by atoms with Crippen LogP contribution in [0.1, 0.15) is 45.4 Å². The fourth-order valence-electron chi connectivity index (χ4n) is 5.82. The van der Waals surface area contributed by atoms with Gasteiger partial charge in [-0.05, 0) is 85.5 Å². The normalized spacial score (nSPS) is 52.0. The zero-order valence-electron chi connectivity index (χ0n) is 12.6. The Balaban J connectivity index is 1.70. The number of hydrogen-bond donors (Lipinski definition) is 2. The predicted molar refractivity (Wildman–Crippen MR) is 79.5 cm³/mol. The van der Waals surface area contributed by atoms with E-state index >= 15 is 0 Å². The van der Waals surface area contributed by atoms with Crippen LogP contribution in [0.15, 0.2) is 23.8 Å². The zero-order valence-corrected chi connectivity index (χ0v) is 12.6. The van der Waals surface area contributed by atoms with Gasteiger partial charge in [0, 0.05) is 0 Å². The number of carbonyl (C=O) groups excluding carboxylic acids is 1. The van der Waals surface area contributed by atoms with Gasteiger partial charge in [-0.3, -0.25) is 4.79 Å². The number of ketones is 1. The van der Waals surface area contributed by atoms with Crippen LogP contribution < -0.4 is 0 Å². The van der Waals surface area contributed by atoms with E-state index in [1.807, 2.05) is 0 Å². The minimum atomic E-state index is -0.911. The lowest BCUT2D eigenvalue weighted by Crippen LogP contribution is -2.54. The lowest BCUT2D eigenvalue weighted by Gasteiger charge is -2.55. The second-order valence-electron chi connectivity index (χ2n) is 7.78. The molecule has 0 amide bonds. The number of fused-ring (bicyclic) bond motifs is 5. The summed E-state index contributed by atoms with van der Waals surface area (Å²) in [5.41, 5.74) is 0.0388. The molecule has 0 spiro atoms. The quantitative estimate of drug-likeness (QED) is 0.719. The highest BCUT2D eigenvalue weighted by molar-refractivity contribution is 6.01. The highest BCUT2D eigenvalue weighted by Crippen LogP contribution is 2.62. The van der Waals surface area contributed by atoms with E-state index in [9.17, 15) is 15.0 Å². The Morgan fingerprint density at radius 3 is 2.81 bits per heavy atom. The van der Waals surface area contributed by atoms with Crippen molar-refractivity contribution < 1.29 is 15.0 Å². The first-order valence-corrected chi connectivity index (χ1v) is 8.30. The Bertz CT molecular complexity index is 549. The molecule has 3 heteroatoms. The Hall–Kier alpha value is -0.930. The Kier molecular flexibility index (Phi) is 2.81. The summed E-state index contributed by atoms with van der Waals surface area (Å²) in [4.78, 5) is 11.6. The summed E-state index contributed by atoms with van der Waals surface area (Å²) in [5, 5.41) is 21.6. The van der Waals surface area contributed by atoms with Gasteiger partial charge in [0.25, 0.3) is 0 Å². The Labute approximate surface area is 125 Å². The molecule has 0 aliphatic heterocycles. The van der Waals surface area contributed by atoms with Gasteiger partial charge in [0.2, 0.25) is 0 Å². The Morgan fingerprint density at radius 2 is 2.00 bits per heavy atom. The van der Waals surface area contributed by atoms with Crippen LogP contribution in [0.4, 0.5) is 0 Å². The molecule has 2 N–H and O–H groups in total. The van der Waals surface area contributed by atoms with Gasteiger partial charge >= 0.3 is 0 Å². The molecule has 114 valence electrons. The van der Waals surface area contributed by atoms with Crippen molar-refractivity contribution in [3.05, 3.63) is 23.8 Å². The molecule has 6 atom stereocenters. The summed E-state index contributed by atoms with van der Waals surface area (Å²) in [6.07, 6.45) is 10.5. The molecule has 0 heterocycles. The van der Waals surface area contributed by atoms with Gasteiger partial charge in [-0.1, -0.05) is 6.92 Å². The molecule has 3 fully saturated rings. The van der Waals surface area contributed by atoms with Gasteiger partial charge in [0.15, 0.2) is 5.78 Å². The second kappa shape index (κ2) is 4.30. The van der Waals surface area contributed by atoms with Crippen molar-refractivity contribution in [2.24, 2.45) is 23.2 Å². The van der Waals surface area contributed by atoms with Gasteiger partial charge in [-0.2, -0.15) is 0 Å². The van der Waals surface area contributed by atoms with Gasteiger partial charge < -0.3 is 10.2 Å². The first-order chi connectivity index (χ1) is 9.95. The molecule has 0 aromatic heterocycles. The molecule has 3 nitrogen and oxygen atoms in total. The first-order valence-electron chi connectivity index (χ1n) is 8.30. The van der Waals surface area contributed by atoms with Gasteiger partial charge in [-0.25, -0.2) is 0 Å². The number of carbonyl (C=O) groups is 1. The summed E-state index contributed by atoms with van der Waals surface area (Å²) < 4.78 is 0. The third-order valence-corrected chi connectivity index (χ3v) is 7.03. The highest BCUT2D eigenvalue weighted by Gasteiger charge is 2.59. The SMILES string of the molecule is C[C@]12CCC3C(CCC4=CC(=O)C=C[C@]43O)C1CCC2O. The van der Waals surface area contributed by atoms with Crippen molar-refractivity contribution in [1.82, 2.24) is 0 Å². The standard InChI is InChI=1S/C18H24O3/c1-17-8-7-15-13(14(17)4-5-16(17)20)3-2-11-10-12(19)6-9-18(11,15)21/h6,9-10,13-16,20-21H,2-5,7-8H2,1H3/t13?,14?,15?,16?,17-,18-/m0/s1. The molecular formula is C18H24O3. The minimum absolute atomic E-state index is 0.00469. The summed E-state index contributed by atoms with van der Waals surface area (Å²) in [5.74, 6) is 1.21. The van der Waals surface area contributed by atoms with Crippen molar-refractivity contribution in [3.8, 4) is 0 Å². The number of hydrogen-bond acceptors (Lipinski definition) is 3. The molecular weight excluding hydrogens is 264 g/mol. The van der Waals surface area contributed by atoms with Crippen molar-refractivity contribution in [1.29, 1.82) is 0 Å². The number of rotatable bonds is 0. The maximum atomic E-state index is 11.6. The molecule has 21 heavy (non-hydrogen) atoms. The van der Waals surface area contributed by atoms with Crippen LogP contribution in [0.5, 0.6) is 0 Å². The van der Waals surface area contributed by atoms with E-state index in [-0.39, 0.29) is 23.2 Å². The predicted octanol–water partition coefficient (Wildman–Crippen LogP) is 2.38. The highest BCUT2D eigenvalue weighted by atomic mass is 16.3. The second-order valence-corrected chi connectivity index (χ2v) is 7.78. The van der Waals surface area contributed by atoms with Crippen LogP contribution in [0, 0.1) is 23.2 Å². The smallest absolute Gasteiger partial charge is 0.178 e. The Morgan fingerprint density at radius 1 is 1.19 bits per heavy atom. The molecule has 4 unspecified atom stereocenters. The van der Waals surface area contributed by atoms with E-state index in [4.69, 9.17) is 0 Å². The number of aliphatic hydroxyl groups excluding tert-OH is 1. The maximum Gasteiger partial charge on any atom is 0.178 e. The molecule has 0 bridgehead atoms. The molecule has 0 aromatic rings. The van der Waals surface area contributed by atoms with E-state index in [0.717, 1.165) is 44.1 Å². The van der Waals surface area contributed by atoms with Gasteiger partial charge in [0.05, 0.1) is 6.10 Å². The van der Waals surface area contributed by atoms with E-state index in [0.29, 0.717) is 11.8 Å². The van der Waals surface area contributed by atoms with Crippen molar-refractivity contribution in [2.45, 2.75) is 57.2 Å². The molecule has 3 saturated carbocycles. The average molecular weight is 288 g/mol. The maximum absolute atomic E-state index is 11.6. The molecule has 0 aromatic carbocycles. The summed E-state index contributed by atoms with van der Waals surface area (Å²) in [6, 6.07) is 0. The lowest BCUT2D eigenvalue weighted by molar-refractivity contribution is -0.113. The van der Waals surface area contributed by atoms with Crippen LogP contribution in [0.2, 0.25) is 0 Å². The molecule has 0 saturated heterocycles. The molecule has 4 aliphatic rings. The molecule has 4 rings (SSSR count). The summed E-state index contributed by atoms with van der Waals surface area (Å²) >= 11 is 0. The lowest BCUT2D eigenvalue weighted by atomic mass is 9.51.